The minimum atomic E-state index is -1.41. The van der Waals surface area contributed by atoms with Gasteiger partial charge < -0.3 is 29.7 Å². The number of carbonyl (C=O) groups excluding carboxylic acids is 1. The molecule has 1 saturated carbocycles. The van der Waals surface area contributed by atoms with Crippen LogP contribution in [-0.4, -0.2) is 86.5 Å². The second-order valence-electron chi connectivity index (χ2n) is 10.8. The zero-order chi connectivity index (χ0) is 31.5. The van der Waals surface area contributed by atoms with Crippen LogP contribution in [0.2, 0.25) is 5.02 Å². The van der Waals surface area contributed by atoms with Crippen molar-refractivity contribution in [1.29, 1.82) is 10.5 Å². The number of nitriles is 2. The molecule has 2 fully saturated rings. The van der Waals surface area contributed by atoms with E-state index in [2.05, 4.69) is 10.3 Å². The van der Waals surface area contributed by atoms with E-state index in [1.807, 2.05) is 6.07 Å². The Bertz CT molecular complexity index is 1610. The Morgan fingerprint density at radius 1 is 1.20 bits per heavy atom. The number of halogens is 2. The highest BCUT2D eigenvalue weighted by Gasteiger charge is 2.52. The molecule has 0 spiro atoms. The van der Waals surface area contributed by atoms with E-state index in [9.17, 15) is 29.8 Å². The Hall–Kier alpha value is -3.95. The van der Waals surface area contributed by atoms with E-state index in [0.717, 1.165) is 18.9 Å². The molecule has 2 heterocycles. The molecule has 2 aromatic carbocycles. The number of hydrogen-bond donors (Lipinski definition) is 3. The van der Waals surface area contributed by atoms with Gasteiger partial charge in [0.05, 0.1) is 42.1 Å². The van der Waals surface area contributed by atoms with Crippen molar-refractivity contribution in [2.45, 2.75) is 68.3 Å². The fourth-order valence-electron chi connectivity index (χ4n) is 5.97. The lowest BCUT2D eigenvalue weighted by Crippen LogP contribution is -2.63. The van der Waals surface area contributed by atoms with Gasteiger partial charge in [0.15, 0.2) is 6.10 Å². The van der Waals surface area contributed by atoms with Crippen LogP contribution >= 0.6 is 11.6 Å². The molecule has 1 saturated heterocycles. The third-order valence-electron chi connectivity index (χ3n) is 8.14. The summed E-state index contributed by atoms with van der Waals surface area (Å²) in [6.45, 7) is -0.651. The van der Waals surface area contributed by atoms with Gasteiger partial charge in [-0.3, -0.25) is 4.79 Å². The molecule has 3 N–H and O–H groups in total. The van der Waals surface area contributed by atoms with Gasteiger partial charge in [0, 0.05) is 23.4 Å². The van der Waals surface area contributed by atoms with E-state index in [4.69, 9.17) is 26.3 Å². The highest BCUT2D eigenvalue weighted by molar-refractivity contribution is 6.31. The fourth-order valence-corrected chi connectivity index (χ4v) is 6.20. The number of methoxy groups -OCH3 is 1. The summed E-state index contributed by atoms with van der Waals surface area (Å²) in [6.07, 6.45) is -2.24. The first-order valence-corrected chi connectivity index (χ1v) is 14.4. The first-order chi connectivity index (χ1) is 21.2. The van der Waals surface area contributed by atoms with Crippen LogP contribution in [0.25, 0.3) is 11.3 Å². The van der Waals surface area contributed by atoms with Crippen LogP contribution in [-0.2, 0) is 14.3 Å². The molecular formula is C30H30ClFN6O6. The van der Waals surface area contributed by atoms with Gasteiger partial charge in [-0.15, -0.1) is 5.10 Å². The summed E-state index contributed by atoms with van der Waals surface area (Å²) in [7, 11) is 1.33. The molecule has 3 aromatic rings. The lowest BCUT2D eigenvalue weighted by molar-refractivity contribution is -0.211. The number of anilines is 1. The van der Waals surface area contributed by atoms with Crippen LogP contribution < -0.4 is 4.90 Å². The summed E-state index contributed by atoms with van der Waals surface area (Å²) in [6, 6.07) is 10.4. The SMILES string of the molecule is COC1C(C(=O)N(c2cc(Cl)cc(C#N)c2)[C@H]2CCCC[C@@H]2O)OC(CO)C(O)C1n1cc(-c2ccc(C#N)c(F)c2)nn1. The number of amides is 1. The highest BCUT2D eigenvalue weighted by Crippen LogP contribution is 2.37. The average molecular weight is 625 g/mol. The number of nitrogens with zero attached hydrogens (tertiary/aromatic N) is 6. The molecule has 2 aliphatic rings. The maximum atomic E-state index is 14.5. The van der Waals surface area contributed by atoms with E-state index >= 15 is 0 Å². The van der Waals surface area contributed by atoms with Gasteiger partial charge in [0.25, 0.3) is 5.91 Å². The summed E-state index contributed by atoms with van der Waals surface area (Å²) in [5.74, 6) is -1.38. The predicted octanol–water partition coefficient (Wildman–Crippen LogP) is 2.49. The molecule has 1 aliphatic heterocycles. The number of carbonyl (C=O) groups is 1. The predicted molar refractivity (Wildman–Crippen MR) is 154 cm³/mol. The van der Waals surface area contributed by atoms with Crippen molar-refractivity contribution in [1.82, 2.24) is 15.0 Å². The normalized spacial score (nSPS) is 26.9. The maximum Gasteiger partial charge on any atom is 0.259 e. The van der Waals surface area contributed by atoms with Crippen LogP contribution in [0.5, 0.6) is 0 Å². The Balaban J connectivity index is 1.55. The number of aliphatic hydroxyl groups is 3. The van der Waals surface area contributed by atoms with Crippen LogP contribution in [0.3, 0.4) is 0 Å². The minimum absolute atomic E-state index is 0.137. The number of aliphatic hydroxyl groups excluding tert-OH is 3. The standard InChI is InChI=1S/C30H30ClFN6O6/c1-43-28-26(37-14-22(35-36-37)17-6-7-18(13-34)21(32)10-17)27(41)25(15-39)44-29(28)30(42)38(23-4-2-3-5-24(23)40)20-9-16(12-33)8-19(31)11-20/h6-11,14,23-29,39-41H,2-5,15H2,1H3/t23-,24-,25?,26?,27?,28?,29?/m0/s1. The first-order valence-electron chi connectivity index (χ1n) is 14.0. The van der Waals surface area contributed by atoms with Crippen molar-refractivity contribution in [3.63, 3.8) is 0 Å². The Labute approximate surface area is 257 Å². The molecule has 5 rings (SSSR count). The van der Waals surface area contributed by atoms with Crippen molar-refractivity contribution in [2.24, 2.45) is 0 Å². The topological polar surface area (TPSA) is 178 Å². The van der Waals surface area contributed by atoms with E-state index in [0.29, 0.717) is 18.4 Å². The third-order valence-corrected chi connectivity index (χ3v) is 8.35. The van der Waals surface area contributed by atoms with Crippen LogP contribution in [0, 0.1) is 28.5 Å². The molecule has 230 valence electrons. The maximum absolute atomic E-state index is 14.5. The molecule has 5 unspecified atom stereocenters. The van der Waals surface area contributed by atoms with Crippen LogP contribution in [0.1, 0.15) is 42.9 Å². The van der Waals surface area contributed by atoms with Crippen molar-refractivity contribution in [2.75, 3.05) is 18.6 Å². The number of aromatic nitrogens is 3. The van der Waals surface area contributed by atoms with Crippen molar-refractivity contribution in [3.05, 3.63) is 64.6 Å². The molecule has 1 aliphatic carbocycles. The zero-order valence-electron chi connectivity index (χ0n) is 23.6. The second-order valence-corrected chi connectivity index (χ2v) is 11.2. The number of benzene rings is 2. The minimum Gasteiger partial charge on any atom is -0.394 e. The Morgan fingerprint density at radius 2 is 1.98 bits per heavy atom. The quantitative estimate of drug-likeness (QED) is 0.354. The van der Waals surface area contributed by atoms with E-state index in [1.54, 1.807) is 6.07 Å². The average Bonchev–Trinajstić information content (AvgIpc) is 3.51. The smallest absolute Gasteiger partial charge is 0.259 e. The summed E-state index contributed by atoms with van der Waals surface area (Å²) in [5.41, 5.74) is 0.889. The Morgan fingerprint density at radius 3 is 2.64 bits per heavy atom. The highest BCUT2D eigenvalue weighted by atomic mass is 35.5. The van der Waals surface area contributed by atoms with Gasteiger partial charge in [-0.1, -0.05) is 35.7 Å². The number of rotatable bonds is 7. The first kappa shape index (κ1) is 31.5. The van der Waals surface area contributed by atoms with E-state index in [-0.39, 0.29) is 27.5 Å². The molecule has 1 aromatic heterocycles. The third kappa shape index (κ3) is 6.03. The van der Waals surface area contributed by atoms with Gasteiger partial charge in [0.1, 0.15) is 41.9 Å². The molecule has 1 amide bonds. The van der Waals surface area contributed by atoms with E-state index in [1.165, 1.54) is 53.2 Å². The molecule has 0 radical (unpaired) electrons. The molecule has 0 bridgehead atoms. The summed E-state index contributed by atoms with van der Waals surface area (Å²) in [4.78, 5) is 15.9. The second kappa shape index (κ2) is 13.4. The molecule has 12 nitrogen and oxygen atoms in total. The van der Waals surface area contributed by atoms with Gasteiger partial charge in [0.2, 0.25) is 0 Å². The van der Waals surface area contributed by atoms with Crippen LogP contribution in [0.4, 0.5) is 10.1 Å². The van der Waals surface area contributed by atoms with Crippen molar-refractivity contribution >= 4 is 23.2 Å². The molecule has 44 heavy (non-hydrogen) atoms. The lowest BCUT2D eigenvalue weighted by atomic mass is 9.88. The molecule has 7 atom stereocenters. The van der Waals surface area contributed by atoms with E-state index < -0.39 is 60.9 Å². The van der Waals surface area contributed by atoms with Gasteiger partial charge in [-0.2, -0.15) is 10.5 Å². The molecular weight excluding hydrogens is 595 g/mol. The summed E-state index contributed by atoms with van der Waals surface area (Å²) in [5, 5.41) is 59.4. The van der Waals surface area contributed by atoms with Gasteiger partial charge >= 0.3 is 0 Å². The summed E-state index contributed by atoms with van der Waals surface area (Å²) >= 11 is 6.31. The number of hydrogen-bond acceptors (Lipinski definition) is 10. The molecule has 14 heteroatoms. The fraction of sp³-hybridized carbons (Fsp3) is 0.433. The van der Waals surface area contributed by atoms with Gasteiger partial charge in [-0.05, 0) is 43.2 Å². The summed E-state index contributed by atoms with van der Waals surface area (Å²) < 4.78 is 27.3. The van der Waals surface area contributed by atoms with Crippen molar-refractivity contribution in [3.8, 4) is 23.4 Å². The largest absolute Gasteiger partial charge is 0.394 e. The lowest BCUT2D eigenvalue weighted by Gasteiger charge is -2.46. The zero-order valence-corrected chi connectivity index (χ0v) is 24.4. The van der Waals surface area contributed by atoms with Gasteiger partial charge in [-0.25, -0.2) is 9.07 Å². The van der Waals surface area contributed by atoms with Crippen LogP contribution in [0.15, 0.2) is 42.6 Å². The monoisotopic (exact) mass is 624 g/mol. The van der Waals surface area contributed by atoms with Crippen molar-refractivity contribution < 1.29 is 34.0 Å². The Kier molecular flexibility index (Phi) is 9.56. The number of ether oxygens (including phenoxy) is 2.